The van der Waals surface area contributed by atoms with Gasteiger partial charge in [-0.3, -0.25) is 14.3 Å². The number of hydrogen-bond acceptors (Lipinski definition) is 4. The Bertz CT molecular complexity index is 991. The first-order valence-corrected chi connectivity index (χ1v) is 12.2. The van der Waals surface area contributed by atoms with Crippen molar-refractivity contribution in [2.24, 2.45) is 5.92 Å². The zero-order valence-corrected chi connectivity index (χ0v) is 20.1. The van der Waals surface area contributed by atoms with Crippen molar-refractivity contribution < 1.29 is 14.3 Å². The molecule has 1 aliphatic carbocycles. The lowest BCUT2D eigenvalue weighted by molar-refractivity contribution is -0.132. The van der Waals surface area contributed by atoms with Gasteiger partial charge in [-0.05, 0) is 42.9 Å². The Hall–Kier alpha value is -2.83. The van der Waals surface area contributed by atoms with Crippen LogP contribution in [0.2, 0.25) is 0 Å². The predicted octanol–water partition coefficient (Wildman–Crippen LogP) is 3.74. The Morgan fingerprint density at radius 3 is 2.76 bits per heavy atom. The number of carbonyl (C=O) groups is 2. The van der Waals surface area contributed by atoms with Crippen molar-refractivity contribution >= 4 is 11.8 Å². The summed E-state index contributed by atoms with van der Waals surface area (Å²) in [6, 6.07) is 8.09. The van der Waals surface area contributed by atoms with Crippen molar-refractivity contribution in [3.8, 4) is 5.75 Å². The molecule has 1 fully saturated rings. The largest absolute Gasteiger partial charge is 0.497 e. The first kappa shape index (κ1) is 23.3. The second kappa shape index (κ2) is 10.4. The van der Waals surface area contributed by atoms with Crippen molar-refractivity contribution in [2.75, 3.05) is 13.7 Å². The van der Waals surface area contributed by atoms with Crippen LogP contribution in [0.25, 0.3) is 0 Å². The van der Waals surface area contributed by atoms with Crippen LogP contribution < -0.4 is 10.1 Å². The number of methoxy groups -OCH3 is 1. The molecule has 2 amide bonds. The molecule has 1 aromatic carbocycles. The smallest absolute Gasteiger partial charge is 0.272 e. The van der Waals surface area contributed by atoms with Crippen molar-refractivity contribution in [1.29, 1.82) is 0 Å². The highest BCUT2D eigenvalue weighted by atomic mass is 16.5. The number of ether oxygens (including phenoxy) is 1. The molecule has 7 heteroatoms. The van der Waals surface area contributed by atoms with E-state index in [1.165, 1.54) is 12.8 Å². The van der Waals surface area contributed by atoms with E-state index in [4.69, 9.17) is 9.84 Å². The van der Waals surface area contributed by atoms with Gasteiger partial charge < -0.3 is 15.0 Å². The molecule has 33 heavy (non-hydrogen) atoms. The molecule has 0 saturated heterocycles. The Labute approximate surface area is 196 Å². The molecule has 0 unspecified atom stereocenters. The van der Waals surface area contributed by atoms with E-state index in [-0.39, 0.29) is 17.9 Å². The Morgan fingerprint density at radius 1 is 1.24 bits per heavy atom. The predicted molar refractivity (Wildman–Crippen MR) is 127 cm³/mol. The first-order chi connectivity index (χ1) is 15.9. The number of hydrogen-bond donors (Lipinski definition) is 1. The molecule has 0 radical (unpaired) electrons. The van der Waals surface area contributed by atoms with Gasteiger partial charge in [0.2, 0.25) is 5.91 Å². The van der Waals surface area contributed by atoms with Gasteiger partial charge >= 0.3 is 0 Å². The van der Waals surface area contributed by atoms with Crippen LogP contribution in [0.15, 0.2) is 24.3 Å². The fourth-order valence-corrected chi connectivity index (χ4v) is 4.94. The third-order valence-corrected chi connectivity index (χ3v) is 6.69. The van der Waals surface area contributed by atoms with Crippen LogP contribution >= 0.6 is 0 Å². The second-order valence-electron chi connectivity index (χ2n) is 9.72. The molecule has 1 N–H and O–H groups in total. The molecule has 2 aromatic rings. The summed E-state index contributed by atoms with van der Waals surface area (Å²) in [7, 11) is 1.65. The van der Waals surface area contributed by atoms with Crippen LogP contribution in [0.4, 0.5) is 0 Å². The van der Waals surface area contributed by atoms with Crippen LogP contribution in [0.1, 0.15) is 73.3 Å². The molecule has 2 heterocycles. The molecule has 0 bridgehead atoms. The fraction of sp³-hybridized carbons (Fsp3) is 0.577. The lowest BCUT2D eigenvalue weighted by Crippen LogP contribution is -2.38. The highest BCUT2D eigenvalue weighted by Gasteiger charge is 2.31. The zero-order valence-electron chi connectivity index (χ0n) is 20.1. The van der Waals surface area contributed by atoms with Crippen molar-refractivity contribution in [2.45, 2.75) is 77.9 Å². The average Bonchev–Trinajstić information content (AvgIpc) is 3.45. The molecule has 178 valence electrons. The van der Waals surface area contributed by atoms with E-state index in [1.54, 1.807) is 7.11 Å². The monoisotopic (exact) mass is 452 g/mol. The third kappa shape index (κ3) is 5.57. The standard InChI is InChI=1S/C26H36N4O3/c1-18(2)16-30-23-13-14-29(24(31)12-11-19-7-6-10-21(15-19)33-3)17-22(23)25(28-30)26(32)27-20-8-4-5-9-20/h6-7,10,15,18,20H,4-5,8-9,11-14,16-17H2,1-3H3,(H,27,32). The number of aryl methyl sites for hydroxylation is 1. The molecule has 0 spiro atoms. The molecule has 2 aliphatic rings. The van der Waals surface area contributed by atoms with Crippen molar-refractivity contribution in [1.82, 2.24) is 20.0 Å². The lowest BCUT2D eigenvalue weighted by atomic mass is 10.0. The number of nitrogens with one attached hydrogen (secondary N) is 1. The maximum atomic E-state index is 13.1. The van der Waals surface area contributed by atoms with Gasteiger partial charge in [-0.1, -0.05) is 38.8 Å². The van der Waals surface area contributed by atoms with E-state index < -0.39 is 0 Å². The van der Waals surface area contributed by atoms with Crippen LogP contribution in [-0.4, -0.2) is 46.2 Å². The summed E-state index contributed by atoms with van der Waals surface area (Å²) in [5.74, 6) is 1.26. The minimum atomic E-state index is -0.0914. The van der Waals surface area contributed by atoms with E-state index in [2.05, 4.69) is 19.2 Å². The third-order valence-electron chi connectivity index (χ3n) is 6.69. The summed E-state index contributed by atoms with van der Waals surface area (Å²) in [6.45, 7) is 6.21. The highest BCUT2D eigenvalue weighted by molar-refractivity contribution is 5.94. The molecular weight excluding hydrogens is 416 g/mol. The quantitative estimate of drug-likeness (QED) is 0.662. The number of fused-ring (bicyclic) bond motifs is 1. The molecule has 1 saturated carbocycles. The maximum absolute atomic E-state index is 13.1. The average molecular weight is 453 g/mol. The number of aromatic nitrogens is 2. The van der Waals surface area contributed by atoms with Gasteiger partial charge in [-0.2, -0.15) is 5.10 Å². The Kier molecular flexibility index (Phi) is 7.36. The van der Waals surface area contributed by atoms with Crippen LogP contribution in [0.3, 0.4) is 0 Å². The Morgan fingerprint density at radius 2 is 2.03 bits per heavy atom. The summed E-state index contributed by atoms with van der Waals surface area (Å²) in [5, 5.41) is 7.92. The minimum absolute atomic E-state index is 0.0914. The second-order valence-corrected chi connectivity index (χ2v) is 9.72. The van der Waals surface area contributed by atoms with E-state index in [9.17, 15) is 9.59 Å². The number of nitrogens with zero attached hydrogens (tertiary/aromatic N) is 3. The summed E-state index contributed by atoms with van der Waals surface area (Å²) in [5.41, 5.74) is 3.62. The van der Waals surface area contributed by atoms with Crippen LogP contribution in [0, 0.1) is 5.92 Å². The normalized spacial score (nSPS) is 16.2. The lowest BCUT2D eigenvalue weighted by Gasteiger charge is -2.28. The van der Waals surface area contributed by atoms with E-state index in [1.807, 2.05) is 33.8 Å². The van der Waals surface area contributed by atoms with Crippen molar-refractivity contribution in [3.05, 3.63) is 46.8 Å². The fourth-order valence-electron chi connectivity index (χ4n) is 4.94. The number of benzene rings is 1. The molecular formula is C26H36N4O3. The van der Waals surface area contributed by atoms with E-state index in [0.717, 1.165) is 48.4 Å². The van der Waals surface area contributed by atoms with Gasteiger partial charge in [0.15, 0.2) is 5.69 Å². The van der Waals surface area contributed by atoms with Gasteiger partial charge in [-0.25, -0.2) is 0 Å². The van der Waals surface area contributed by atoms with E-state index in [0.29, 0.717) is 37.5 Å². The van der Waals surface area contributed by atoms with Gasteiger partial charge in [-0.15, -0.1) is 0 Å². The Balaban J connectivity index is 1.47. The van der Waals surface area contributed by atoms with E-state index >= 15 is 0 Å². The first-order valence-electron chi connectivity index (χ1n) is 12.2. The molecule has 0 atom stereocenters. The summed E-state index contributed by atoms with van der Waals surface area (Å²) in [4.78, 5) is 28.0. The van der Waals surface area contributed by atoms with Gasteiger partial charge in [0.25, 0.3) is 5.91 Å². The summed E-state index contributed by atoms with van der Waals surface area (Å²) < 4.78 is 7.29. The number of carbonyl (C=O) groups excluding carboxylic acids is 2. The topological polar surface area (TPSA) is 76.5 Å². The number of rotatable bonds is 8. The number of amides is 2. The van der Waals surface area contributed by atoms with Crippen LogP contribution in [0.5, 0.6) is 5.75 Å². The maximum Gasteiger partial charge on any atom is 0.272 e. The SMILES string of the molecule is COc1cccc(CCC(=O)N2CCc3c(c(C(=O)NC4CCCC4)nn3CC(C)C)C2)c1. The van der Waals surface area contributed by atoms with Gasteiger partial charge in [0, 0.05) is 49.8 Å². The molecule has 7 nitrogen and oxygen atoms in total. The highest BCUT2D eigenvalue weighted by Crippen LogP contribution is 2.26. The molecule has 1 aromatic heterocycles. The molecule has 4 rings (SSSR count). The van der Waals surface area contributed by atoms with Gasteiger partial charge in [0.1, 0.15) is 5.75 Å². The van der Waals surface area contributed by atoms with Gasteiger partial charge in [0.05, 0.1) is 7.11 Å². The minimum Gasteiger partial charge on any atom is -0.497 e. The van der Waals surface area contributed by atoms with Crippen LogP contribution in [-0.2, 0) is 30.7 Å². The summed E-state index contributed by atoms with van der Waals surface area (Å²) in [6.07, 6.45) is 6.25. The molecule has 1 aliphatic heterocycles. The van der Waals surface area contributed by atoms with Crippen molar-refractivity contribution in [3.63, 3.8) is 0 Å². The summed E-state index contributed by atoms with van der Waals surface area (Å²) >= 11 is 0. The zero-order chi connectivity index (χ0) is 23.4.